The number of hydrogen-bond acceptors (Lipinski definition) is 12. The summed E-state index contributed by atoms with van der Waals surface area (Å²) in [7, 11) is 1.54. The molecule has 1 aromatic carbocycles. The molecule has 48 heavy (non-hydrogen) atoms. The standard InChI is InChI=1S/C34H43NO13/c1-16-10-12-33-25-19-8-9-22(43-7)26(25)47-27(33)23(11-13-34(33,42)20(16)14-19)46-30(40)18(3)44-24(36)15-21(29(38)39)35-28(37)17(2)45-31(41)48-32(4,5)6/h8-9,11,16-18,20-21,27,42H,10,12-15H2,1-7H3,(H,35,37)(H,38,39)/t16?,17-,18-,20-,21-,27-,33-,34+/m0/s1. The van der Waals surface area contributed by atoms with Crippen molar-refractivity contribution >= 4 is 30.0 Å². The third-order valence-electron chi connectivity index (χ3n) is 9.81. The summed E-state index contributed by atoms with van der Waals surface area (Å²) >= 11 is 0. The number of nitrogens with one attached hydrogen (secondary N) is 1. The van der Waals surface area contributed by atoms with Gasteiger partial charge in [-0.1, -0.05) is 13.0 Å². The van der Waals surface area contributed by atoms with Crippen LogP contribution in [0.4, 0.5) is 4.79 Å². The summed E-state index contributed by atoms with van der Waals surface area (Å²) in [5.74, 6) is -3.15. The van der Waals surface area contributed by atoms with Crippen molar-refractivity contribution in [3.63, 3.8) is 0 Å². The molecule has 1 aromatic rings. The number of carboxylic acids is 1. The fourth-order valence-electron chi connectivity index (χ4n) is 7.58. The lowest BCUT2D eigenvalue weighted by atomic mass is 9.45. The molecule has 5 rings (SSSR count). The highest BCUT2D eigenvalue weighted by atomic mass is 16.7. The van der Waals surface area contributed by atoms with Crippen LogP contribution in [0.25, 0.3) is 0 Å². The van der Waals surface area contributed by atoms with E-state index in [0.29, 0.717) is 24.3 Å². The van der Waals surface area contributed by atoms with Crippen LogP contribution in [-0.4, -0.2) is 82.8 Å². The number of carbonyl (C=O) groups excluding carboxylic acids is 4. The molecule has 0 radical (unpaired) electrons. The number of benzene rings is 1. The normalized spacial score (nSPS) is 28.2. The number of rotatable bonds is 10. The van der Waals surface area contributed by atoms with E-state index >= 15 is 0 Å². The second-order valence-corrected chi connectivity index (χ2v) is 14.0. The Morgan fingerprint density at radius 1 is 1.10 bits per heavy atom. The van der Waals surface area contributed by atoms with Crippen LogP contribution in [0, 0.1) is 11.8 Å². The number of ether oxygens (including phenoxy) is 6. The monoisotopic (exact) mass is 673 g/mol. The summed E-state index contributed by atoms with van der Waals surface area (Å²) in [4.78, 5) is 62.2. The molecule has 2 bridgehead atoms. The predicted molar refractivity (Wildman–Crippen MR) is 165 cm³/mol. The van der Waals surface area contributed by atoms with Gasteiger partial charge in [0.1, 0.15) is 17.4 Å². The lowest BCUT2D eigenvalue weighted by Crippen LogP contribution is -2.69. The van der Waals surface area contributed by atoms with Gasteiger partial charge in [-0.05, 0) is 89.8 Å². The highest BCUT2D eigenvalue weighted by Gasteiger charge is 2.72. The van der Waals surface area contributed by atoms with Crippen molar-refractivity contribution in [3.8, 4) is 11.5 Å². The van der Waals surface area contributed by atoms with Gasteiger partial charge in [0.25, 0.3) is 5.91 Å². The van der Waals surface area contributed by atoms with Gasteiger partial charge in [-0.15, -0.1) is 0 Å². The van der Waals surface area contributed by atoms with E-state index in [2.05, 4.69) is 12.2 Å². The number of carbonyl (C=O) groups is 5. The van der Waals surface area contributed by atoms with Crippen molar-refractivity contribution in [3.05, 3.63) is 35.1 Å². The SMILES string of the molecule is COc1ccc2c3c1O[C@H]1C(OC(=O)[C@H](C)OC(=O)C[C@H](NC(=O)[C@H](C)OC(=O)OC(C)(C)C)C(=O)O)=CC[C@@]4(O)[C@@H](C2)C(C)CC[C@]314. The molecule has 1 heterocycles. The Hall–Kier alpha value is -4.33. The van der Waals surface area contributed by atoms with Gasteiger partial charge in [-0.25, -0.2) is 14.4 Å². The summed E-state index contributed by atoms with van der Waals surface area (Å²) in [6, 6.07) is 2.09. The second-order valence-electron chi connectivity index (χ2n) is 14.0. The van der Waals surface area contributed by atoms with Gasteiger partial charge < -0.3 is 44.0 Å². The molecule has 1 spiro atoms. The number of carboxylic acid groups (broad SMARTS) is 1. The summed E-state index contributed by atoms with van der Waals surface area (Å²) < 4.78 is 32.9. The molecular weight excluding hydrogens is 630 g/mol. The number of amides is 1. The third kappa shape index (κ3) is 6.06. The van der Waals surface area contributed by atoms with Gasteiger partial charge in [-0.3, -0.25) is 9.59 Å². The van der Waals surface area contributed by atoms with Gasteiger partial charge in [-0.2, -0.15) is 0 Å². The van der Waals surface area contributed by atoms with Gasteiger partial charge in [0.05, 0.1) is 24.5 Å². The van der Waals surface area contributed by atoms with Crippen LogP contribution in [-0.2, 0) is 50.0 Å². The number of aliphatic carboxylic acids is 1. The second kappa shape index (κ2) is 12.6. The molecule has 3 N–H and O–H groups in total. The van der Waals surface area contributed by atoms with Crippen LogP contribution in [0.1, 0.15) is 78.4 Å². The zero-order chi connectivity index (χ0) is 35.3. The Morgan fingerprint density at radius 2 is 1.81 bits per heavy atom. The maximum Gasteiger partial charge on any atom is 0.509 e. The van der Waals surface area contributed by atoms with Crippen LogP contribution in [0.3, 0.4) is 0 Å². The molecule has 8 atom stereocenters. The fraction of sp³-hybridized carbons (Fsp3) is 0.618. The van der Waals surface area contributed by atoms with Crippen molar-refractivity contribution in [2.24, 2.45) is 11.8 Å². The van der Waals surface area contributed by atoms with Gasteiger partial charge in [0.15, 0.2) is 29.8 Å². The van der Waals surface area contributed by atoms with E-state index in [1.54, 1.807) is 26.8 Å². The molecule has 14 heteroatoms. The Morgan fingerprint density at radius 3 is 2.46 bits per heavy atom. The third-order valence-corrected chi connectivity index (χ3v) is 9.81. The first-order valence-corrected chi connectivity index (χ1v) is 16.0. The average molecular weight is 674 g/mol. The van der Waals surface area contributed by atoms with Gasteiger partial charge >= 0.3 is 24.1 Å². The van der Waals surface area contributed by atoms with Crippen molar-refractivity contribution < 1.29 is 62.6 Å². The first-order chi connectivity index (χ1) is 22.4. The Balaban J connectivity index is 1.24. The largest absolute Gasteiger partial charge is 0.509 e. The summed E-state index contributed by atoms with van der Waals surface area (Å²) in [6.07, 6.45) is -1.69. The Labute approximate surface area is 278 Å². The number of aliphatic hydroxyl groups is 1. The predicted octanol–water partition coefficient (Wildman–Crippen LogP) is 3.09. The van der Waals surface area contributed by atoms with Crippen LogP contribution >= 0.6 is 0 Å². The Bertz CT molecular complexity index is 1550. The summed E-state index contributed by atoms with van der Waals surface area (Å²) in [5.41, 5.74) is -0.945. The summed E-state index contributed by atoms with van der Waals surface area (Å²) in [6.45, 7) is 9.42. The first kappa shape index (κ1) is 35.0. The topological polar surface area (TPSA) is 193 Å². The number of hydrogen-bond donors (Lipinski definition) is 3. The van der Waals surface area contributed by atoms with Crippen LogP contribution in [0.2, 0.25) is 0 Å². The molecule has 0 saturated heterocycles. The number of methoxy groups -OCH3 is 1. The molecule has 1 unspecified atom stereocenters. The molecule has 1 amide bonds. The van der Waals surface area contributed by atoms with E-state index in [1.807, 2.05) is 12.1 Å². The van der Waals surface area contributed by atoms with E-state index in [9.17, 15) is 34.2 Å². The minimum atomic E-state index is -1.75. The Kier molecular flexibility index (Phi) is 9.19. The van der Waals surface area contributed by atoms with Crippen molar-refractivity contribution in [2.45, 2.75) is 115 Å². The lowest BCUT2D eigenvalue weighted by molar-refractivity contribution is -0.176. The molecule has 1 saturated carbocycles. The highest BCUT2D eigenvalue weighted by molar-refractivity contribution is 5.90. The molecule has 14 nitrogen and oxygen atoms in total. The lowest BCUT2D eigenvalue weighted by Gasteiger charge is -2.61. The average Bonchev–Trinajstić information content (AvgIpc) is 3.34. The minimum absolute atomic E-state index is 0.0351. The van der Waals surface area contributed by atoms with E-state index in [1.165, 1.54) is 21.0 Å². The minimum Gasteiger partial charge on any atom is -0.493 e. The number of esters is 2. The molecule has 1 fully saturated rings. The highest BCUT2D eigenvalue weighted by Crippen LogP contribution is 2.68. The van der Waals surface area contributed by atoms with Gasteiger partial charge in [0.2, 0.25) is 0 Å². The zero-order valence-electron chi connectivity index (χ0n) is 28.1. The zero-order valence-corrected chi connectivity index (χ0v) is 28.1. The molecule has 3 aliphatic carbocycles. The molecule has 0 aromatic heterocycles. The van der Waals surface area contributed by atoms with Crippen molar-refractivity contribution in [1.29, 1.82) is 0 Å². The van der Waals surface area contributed by atoms with Crippen molar-refractivity contribution in [1.82, 2.24) is 5.32 Å². The summed E-state index contributed by atoms with van der Waals surface area (Å²) in [5, 5.41) is 24.1. The van der Waals surface area contributed by atoms with E-state index in [0.717, 1.165) is 17.5 Å². The van der Waals surface area contributed by atoms with E-state index in [4.69, 9.17) is 28.4 Å². The van der Waals surface area contributed by atoms with E-state index < -0.39 is 77.4 Å². The van der Waals surface area contributed by atoms with Crippen LogP contribution in [0.15, 0.2) is 24.0 Å². The molecular formula is C34H43NO13. The molecule has 1 aliphatic heterocycles. The van der Waals surface area contributed by atoms with Crippen LogP contribution < -0.4 is 14.8 Å². The molecule has 4 aliphatic rings. The first-order valence-electron chi connectivity index (χ1n) is 16.0. The van der Waals surface area contributed by atoms with Gasteiger partial charge in [0, 0.05) is 5.56 Å². The smallest absolute Gasteiger partial charge is 0.493 e. The van der Waals surface area contributed by atoms with Crippen LogP contribution in [0.5, 0.6) is 11.5 Å². The van der Waals surface area contributed by atoms with Crippen molar-refractivity contribution in [2.75, 3.05) is 7.11 Å². The maximum absolute atomic E-state index is 13.3. The maximum atomic E-state index is 13.3. The fourth-order valence-corrected chi connectivity index (χ4v) is 7.58. The molecule has 262 valence electrons. The quantitative estimate of drug-likeness (QED) is 0.243. The van der Waals surface area contributed by atoms with E-state index in [-0.39, 0.29) is 24.0 Å².